The van der Waals surface area contributed by atoms with E-state index in [2.05, 4.69) is 48.5 Å². The Balaban J connectivity index is 1.63. The molecule has 0 N–H and O–H groups in total. The molecule has 3 aromatic carbocycles. The zero-order chi connectivity index (χ0) is 17.9. The van der Waals surface area contributed by atoms with E-state index in [1.807, 2.05) is 0 Å². The fourth-order valence-corrected chi connectivity index (χ4v) is 7.97. The van der Waals surface area contributed by atoms with E-state index in [0.29, 0.717) is 4.82 Å². The van der Waals surface area contributed by atoms with Crippen molar-refractivity contribution >= 4 is 15.0 Å². The minimum atomic E-state index is -4.28. The third-order valence-electron chi connectivity index (χ3n) is 5.38. The van der Waals surface area contributed by atoms with E-state index in [4.69, 9.17) is 0 Å². The molecule has 130 valence electrons. The van der Waals surface area contributed by atoms with E-state index in [1.165, 1.54) is 34.4 Å². The zero-order valence-corrected chi connectivity index (χ0v) is 15.4. The maximum atomic E-state index is 12.9. The third-order valence-corrected chi connectivity index (χ3v) is 8.77. The molecule has 0 spiro atoms. The molecule has 1 unspecified atom stereocenters. The van der Waals surface area contributed by atoms with Gasteiger partial charge in [-0.15, -0.1) is 0 Å². The normalized spacial score (nSPS) is 23.4. The van der Waals surface area contributed by atoms with E-state index in [0.717, 1.165) is 5.56 Å². The van der Waals surface area contributed by atoms with Crippen LogP contribution < -0.4 is 0 Å². The summed E-state index contributed by atoms with van der Waals surface area (Å²) in [7, 11) is 0. The van der Waals surface area contributed by atoms with E-state index in [1.54, 1.807) is 12.1 Å². The first-order valence-electron chi connectivity index (χ1n) is 8.54. The van der Waals surface area contributed by atoms with Gasteiger partial charge >= 0.3 is 156 Å². The topological polar surface area (TPSA) is 0 Å². The van der Waals surface area contributed by atoms with Crippen LogP contribution in [0.4, 0.5) is 13.2 Å². The van der Waals surface area contributed by atoms with Crippen LogP contribution in [0.15, 0.2) is 72.8 Å². The summed E-state index contributed by atoms with van der Waals surface area (Å²) in [5.74, 6) is 0.240. The molecule has 0 radical (unpaired) electrons. The summed E-state index contributed by atoms with van der Waals surface area (Å²) in [4.78, 5) is 0.659. The second-order valence-corrected chi connectivity index (χ2v) is 9.42. The third kappa shape index (κ3) is 2.36. The molecule has 4 heteroatoms. The van der Waals surface area contributed by atoms with Gasteiger partial charge in [-0.3, -0.25) is 0 Å². The van der Waals surface area contributed by atoms with Gasteiger partial charge in [-0.2, -0.15) is 0 Å². The summed E-state index contributed by atoms with van der Waals surface area (Å²) in [5, 5.41) is 0. The van der Waals surface area contributed by atoms with Crippen molar-refractivity contribution in [3.8, 4) is 0 Å². The Hall–Kier alpha value is -2.03. The number of hydrogen-bond acceptors (Lipinski definition) is 0. The van der Waals surface area contributed by atoms with Gasteiger partial charge in [-0.25, -0.2) is 0 Å². The van der Waals surface area contributed by atoms with Crippen LogP contribution in [-0.4, -0.2) is 15.0 Å². The molecular formula is C22H15F3Se. The summed E-state index contributed by atoms with van der Waals surface area (Å²) in [6.45, 7) is 0. The van der Waals surface area contributed by atoms with Crippen molar-refractivity contribution in [3.63, 3.8) is 0 Å². The SMILES string of the molecule is FC(F)(F)c1ccc(C2[Se]C3c4ccccc4C2c2ccccc23)cc1. The molecule has 0 fully saturated rings. The van der Waals surface area contributed by atoms with Gasteiger partial charge in [-0.05, 0) is 0 Å². The molecule has 0 aromatic heterocycles. The molecule has 0 amide bonds. The number of fused-ring (bicyclic) bond motifs is 1. The van der Waals surface area contributed by atoms with Crippen molar-refractivity contribution in [2.75, 3.05) is 0 Å². The molecule has 6 rings (SSSR count). The van der Waals surface area contributed by atoms with Crippen LogP contribution >= 0.6 is 0 Å². The predicted octanol–water partition coefficient (Wildman–Crippen LogP) is 5.70. The van der Waals surface area contributed by atoms with Crippen molar-refractivity contribution in [3.05, 3.63) is 106 Å². The zero-order valence-electron chi connectivity index (χ0n) is 13.7. The van der Waals surface area contributed by atoms with Crippen molar-refractivity contribution in [2.24, 2.45) is 0 Å². The predicted molar refractivity (Wildman–Crippen MR) is 96.5 cm³/mol. The Bertz CT molecular complexity index is 928. The molecule has 0 nitrogen and oxygen atoms in total. The molecule has 0 saturated carbocycles. The van der Waals surface area contributed by atoms with Crippen molar-refractivity contribution in [1.82, 2.24) is 0 Å². The van der Waals surface area contributed by atoms with Gasteiger partial charge in [0.1, 0.15) is 0 Å². The fourth-order valence-electron chi connectivity index (χ4n) is 4.23. The first-order valence-corrected chi connectivity index (χ1v) is 10.5. The summed E-state index contributed by atoms with van der Waals surface area (Å²) >= 11 is 0.271. The molecule has 3 aromatic rings. The quantitative estimate of drug-likeness (QED) is 0.448. The number of halogens is 3. The average Bonchev–Trinajstić information content (AvgIpc) is 2.67. The molecule has 2 heterocycles. The van der Waals surface area contributed by atoms with Crippen LogP contribution in [0.25, 0.3) is 0 Å². The summed E-state index contributed by atoms with van der Waals surface area (Å²) < 4.78 is 38.7. The van der Waals surface area contributed by atoms with Crippen molar-refractivity contribution in [2.45, 2.75) is 21.7 Å². The molecule has 2 aliphatic heterocycles. The van der Waals surface area contributed by atoms with Crippen LogP contribution in [-0.2, 0) is 6.18 Å². The second-order valence-electron chi connectivity index (χ2n) is 6.79. The van der Waals surface area contributed by atoms with E-state index < -0.39 is 11.7 Å². The number of alkyl halides is 3. The van der Waals surface area contributed by atoms with Crippen LogP contribution in [0.3, 0.4) is 0 Å². The van der Waals surface area contributed by atoms with Crippen LogP contribution in [0.5, 0.6) is 0 Å². The molecule has 0 saturated heterocycles. The molecular weight excluding hydrogens is 400 g/mol. The van der Waals surface area contributed by atoms with E-state index in [-0.39, 0.29) is 25.7 Å². The Kier molecular flexibility index (Phi) is 3.57. The molecule has 1 aliphatic carbocycles. The van der Waals surface area contributed by atoms with Gasteiger partial charge in [0.25, 0.3) is 0 Å². The van der Waals surface area contributed by atoms with E-state index in [9.17, 15) is 13.2 Å². The van der Waals surface area contributed by atoms with Crippen molar-refractivity contribution in [1.29, 1.82) is 0 Å². The molecule has 2 bridgehead atoms. The minimum absolute atomic E-state index is 0.240. The first-order chi connectivity index (χ1) is 12.5. The van der Waals surface area contributed by atoms with Gasteiger partial charge in [0.05, 0.1) is 0 Å². The Morgan fingerprint density at radius 3 is 1.65 bits per heavy atom. The second kappa shape index (κ2) is 5.73. The summed E-state index contributed by atoms with van der Waals surface area (Å²) in [5.41, 5.74) is 5.94. The molecule has 3 aliphatic rings. The van der Waals surface area contributed by atoms with Gasteiger partial charge in [0.2, 0.25) is 0 Å². The van der Waals surface area contributed by atoms with Crippen LogP contribution in [0.2, 0.25) is 0 Å². The molecule has 1 atom stereocenters. The first kappa shape index (κ1) is 16.2. The average molecular weight is 415 g/mol. The van der Waals surface area contributed by atoms with Crippen LogP contribution in [0, 0.1) is 0 Å². The van der Waals surface area contributed by atoms with E-state index >= 15 is 0 Å². The Morgan fingerprint density at radius 2 is 1.15 bits per heavy atom. The maximum absolute atomic E-state index is 12.9. The summed E-state index contributed by atoms with van der Waals surface area (Å²) in [6, 6.07) is 22.9. The monoisotopic (exact) mass is 416 g/mol. The van der Waals surface area contributed by atoms with Gasteiger partial charge < -0.3 is 0 Å². The van der Waals surface area contributed by atoms with Crippen molar-refractivity contribution < 1.29 is 13.2 Å². The van der Waals surface area contributed by atoms with Crippen LogP contribution in [0.1, 0.15) is 48.9 Å². The standard InChI is InChI=1S/C22H15F3Se/c23-22(24,25)14-11-9-13(10-12-14)20-19-15-5-1-3-7-17(15)21(26-20)18-8-4-2-6-16(18)19/h1-12,19-21H. The Labute approximate surface area is 156 Å². The van der Waals surface area contributed by atoms with Gasteiger partial charge in [-0.1, -0.05) is 0 Å². The molecule has 26 heavy (non-hydrogen) atoms. The van der Waals surface area contributed by atoms with Gasteiger partial charge in [0, 0.05) is 0 Å². The number of rotatable bonds is 1. The number of hydrogen-bond donors (Lipinski definition) is 0. The fraction of sp³-hybridized carbons (Fsp3) is 0.182. The Morgan fingerprint density at radius 1 is 0.654 bits per heavy atom. The summed E-state index contributed by atoms with van der Waals surface area (Å²) in [6.07, 6.45) is -4.28. The van der Waals surface area contributed by atoms with Gasteiger partial charge in [0.15, 0.2) is 0 Å². The number of benzene rings is 3.